The summed E-state index contributed by atoms with van der Waals surface area (Å²) in [6.45, 7) is 4.69. The summed E-state index contributed by atoms with van der Waals surface area (Å²) in [5.41, 5.74) is 1.34. The van der Waals surface area contributed by atoms with E-state index in [1.54, 1.807) is 18.9 Å². The van der Waals surface area contributed by atoms with Crippen LogP contribution in [0.2, 0.25) is 0 Å². The van der Waals surface area contributed by atoms with Gasteiger partial charge in [0.15, 0.2) is 0 Å². The predicted molar refractivity (Wildman–Crippen MR) is 102 cm³/mol. The van der Waals surface area contributed by atoms with Crippen LogP contribution in [0.1, 0.15) is 40.9 Å². The molecule has 0 aromatic carbocycles. The molecule has 7 nitrogen and oxygen atoms in total. The van der Waals surface area contributed by atoms with Crippen molar-refractivity contribution in [1.29, 1.82) is 0 Å². The van der Waals surface area contributed by atoms with Crippen LogP contribution in [-0.4, -0.2) is 53.1 Å². The van der Waals surface area contributed by atoms with Gasteiger partial charge in [0.2, 0.25) is 5.91 Å². The number of nitrogens with one attached hydrogen (secondary N) is 1. The summed E-state index contributed by atoms with van der Waals surface area (Å²) in [7, 11) is 1.66. The van der Waals surface area contributed by atoms with E-state index in [0.29, 0.717) is 25.3 Å². The van der Waals surface area contributed by atoms with Crippen molar-refractivity contribution in [3.63, 3.8) is 0 Å². The smallest absolute Gasteiger partial charge is 0.263 e. The molecular formula is C20H27N3O4. The van der Waals surface area contributed by atoms with Crippen LogP contribution in [-0.2, 0) is 16.6 Å². The van der Waals surface area contributed by atoms with Gasteiger partial charge >= 0.3 is 0 Å². The number of carbonyl (C=O) groups excluding carboxylic acids is 2. The van der Waals surface area contributed by atoms with Crippen LogP contribution in [0, 0.1) is 13.8 Å². The number of rotatable bonds is 4. The molecule has 7 heteroatoms. The van der Waals surface area contributed by atoms with E-state index in [4.69, 9.17) is 4.74 Å². The Kier molecular flexibility index (Phi) is 5.79. The van der Waals surface area contributed by atoms with Crippen LogP contribution in [0.3, 0.4) is 0 Å². The first-order valence-corrected chi connectivity index (χ1v) is 9.38. The Morgan fingerprint density at radius 3 is 2.67 bits per heavy atom. The van der Waals surface area contributed by atoms with E-state index in [9.17, 15) is 14.4 Å². The van der Waals surface area contributed by atoms with E-state index >= 15 is 0 Å². The molecule has 1 atom stereocenters. The molecule has 1 fully saturated rings. The standard InChI is InChI=1S/C20H27N3O4/c1-13-10-14(2)22(3)19(25)18(13)20(26)23-8-9-27-12-16(23)11-17(24)21-15-6-4-5-7-15/h4-5,10,15-16H,6-9,11-12H2,1-3H3,(H,21,24)/t16-/m1/s1. The summed E-state index contributed by atoms with van der Waals surface area (Å²) in [4.78, 5) is 39.8. The molecule has 3 rings (SSSR count). The fourth-order valence-corrected chi connectivity index (χ4v) is 3.71. The normalized spacial score (nSPS) is 20.1. The van der Waals surface area contributed by atoms with Crippen LogP contribution in [0.25, 0.3) is 0 Å². The summed E-state index contributed by atoms with van der Waals surface area (Å²) in [6, 6.07) is 1.60. The number of pyridine rings is 1. The van der Waals surface area contributed by atoms with Crippen LogP contribution in [0.15, 0.2) is 23.0 Å². The third-order valence-corrected chi connectivity index (χ3v) is 5.36. The van der Waals surface area contributed by atoms with Crippen molar-refractivity contribution in [2.24, 2.45) is 7.05 Å². The van der Waals surface area contributed by atoms with Gasteiger partial charge in [0.25, 0.3) is 11.5 Å². The Morgan fingerprint density at radius 2 is 1.96 bits per heavy atom. The Balaban J connectivity index is 1.77. The highest BCUT2D eigenvalue weighted by Crippen LogP contribution is 2.17. The second-order valence-corrected chi connectivity index (χ2v) is 7.35. The van der Waals surface area contributed by atoms with E-state index < -0.39 is 0 Å². The van der Waals surface area contributed by atoms with Crippen molar-refractivity contribution in [3.8, 4) is 0 Å². The Morgan fingerprint density at radius 1 is 1.26 bits per heavy atom. The average Bonchev–Trinajstić information content (AvgIpc) is 3.13. The van der Waals surface area contributed by atoms with Crippen LogP contribution in [0.4, 0.5) is 0 Å². The minimum absolute atomic E-state index is 0.0921. The highest BCUT2D eigenvalue weighted by molar-refractivity contribution is 5.96. The first kappa shape index (κ1) is 19.4. The molecule has 2 aliphatic rings. The number of hydrogen-bond donors (Lipinski definition) is 1. The summed E-state index contributed by atoms with van der Waals surface area (Å²) in [5, 5.41) is 3.00. The lowest BCUT2D eigenvalue weighted by Crippen LogP contribution is -2.52. The number of amides is 2. The van der Waals surface area contributed by atoms with Gasteiger partial charge in [-0.3, -0.25) is 14.4 Å². The molecule has 27 heavy (non-hydrogen) atoms. The highest BCUT2D eigenvalue weighted by atomic mass is 16.5. The maximum atomic E-state index is 13.2. The van der Waals surface area contributed by atoms with E-state index in [0.717, 1.165) is 18.5 Å². The third-order valence-electron chi connectivity index (χ3n) is 5.36. The summed E-state index contributed by atoms with van der Waals surface area (Å²) in [5.74, 6) is -0.415. The van der Waals surface area contributed by atoms with Gasteiger partial charge in [0.05, 0.1) is 19.3 Å². The third kappa shape index (κ3) is 4.13. The van der Waals surface area contributed by atoms with E-state index in [2.05, 4.69) is 17.5 Å². The van der Waals surface area contributed by atoms with Gasteiger partial charge in [-0.15, -0.1) is 0 Å². The fraction of sp³-hybridized carbons (Fsp3) is 0.550. The summed E-state index contributed by atoms with van der Waals surface area (Å²) in [6.07, 6.45) is 5.97. The molecule has 146 valence electrons. The Bertz CT molecular complexity index is 819. The van der Waals surface area contributed by atoms with Crippen LogP contribution in [0.5, 0.6) is 0 Å². The van der Waals surface area contributed by atoms with Crippen molar-refractivity contribution < 1.29 is 14.3 Å². The molecule has 0 unspecified atom stereocenters. The van der Waals surface area contributed by atoms with Crippen molar-refractivity contribution >= 4 is 11.8 Å². The number of aryl methyl sites for hydroxylation is 2. The van der Waals surface area contributed by atoms with E-state index in [1.807, 2.05) is 13.0 Å². The fourth-order valence-electron chi connectivity index (χ4n) is 3.71. The Labute approximate surface area is 159 Å². The van der Waals surface area contributed by atoms with Gasteiger partial charge in [0, 0.05) is 31.7 Å². The molecule has 1 aliphatic heterocycles. The SMILES string of the molecule is Cc1cc(C)n(C)c(=O)c1C(=O)N1CCOC[C@H]1CC(=O)NC1CC=CC1. The number of aromatic nitrogens is 1. The lowest BCUT2D eigenvalue weighted by Gasteiger charge is -2.35. The minimum Gasteiger partial charge on any atom is -0.377 e. The Hall–Kier alpha value is -2.41. The van der Waals surface area contributed by atoms with Gasteiger partial charge in [-0.05, 0) is 38.3 Å². The van der Waals surface area contributed by atoms with Gasteiger partial charge in [0.1, 0.15) is 5.56 Å². The maximum absolute atomic E-state index is 13.2. The molecule has 1 N–H and O–H groups in total. The molecule has 0 radical (unpaired) electrons. The van der Waals surface area contributed by atoms with Gasteiger partial charge in [-0.2, -0.15) is 0 Å². The first-order chi connectivity index (χ1) is 12.9. The second kappa shape index (κ2) is 8.08. The molecule has 2 amide bonds. The van der Waals surface area contributed by atoms with Crippen molar-refractivity contribution in [2.45, 2.75) is 45.2 Å². The number of nitrogens with zero attached hydrogens (tertiary/aromatic N) is 2. The number of morpholine rings is 1. The van der Waals surface area contributed by atoms with Crippen LogP contribution >= 0.6 is 0 Å². The first-order valence-electron chi connectivity index (χ1n) is 9.38. The largest absolute Gasteiger partial charge is 0.377 e. The minimum atomic E-state index is -0.369. The maximum Gasteiger partial charge on any atom is 0.263 e. The van der Waals surface area contributed by atoms with Gasteiger partial charge in [-0.1, -0.05) is 12.2 Å². The molecule has 0 spiro atoms. The molecule has 1 saturated heterocycles. The van der Waals surface area contributed by atoms with Gasteiger partial charge < -0.3 is 19.5 Å². The number of hydrogen-bond acceptors (Lipinski definition) is 4. The quantitative estimate of drug-likeness (QED) is 0.801. The van der Waals surface area contributed by atoms with E-state index in [1.165, 1.54) is 4.57 Å². The summed E-state index contributed by atoms with van der Waals surface area (Å²) < 4.78 is 6.98. The zero-order valence-electron chi connectivity index (χ0n) is 16.2. The highest BCUT2D eigenvalue weighted by Gasteiger charge is 2.32. The van der Waals surface area contributed by atoms with Crippen LogP contribution < -0.4 is 10.9 Å². The zero-order chi connectivity index (χ0) is 19.6. The molecule has 1 aliphatic carbocycles. The zero-order valence-corrected chi connectivity index (χ0v) is 16.2. The van der Waals surface area contributed by atoms with E-state index in [-0.39, 0.29) is 41.4 Å². The second-order valence-electron chi connectivity index (χ2n) is 7.35. The average molecular weight is 373 g/mol. The lowest BCUT2D eigenvalue weighted by molar-refractivity contribution is -0.124. The molecule has 0 bridgehead atoms. The predicted octanol–water partition coefficient (Wildman–Crippen LogP) is 1.07. The monoisotopic (exact) mass is 373 g/mol. The molecule has 0 saturated carbocycles. The van der Waals surface area contributed by atoms with Crippen molar-refractivity contribution in [3.05, 3.63) is 45.4 Å². The topological polar surface area (TPSA) is 80.6 Å². The molecule has 2 heterocycles. The molecule has 1 aromatic rings. The lowest BCUT2D eigenvalue weighted by atomic mass is 10.0. The van der Waals surface area contributed by atoms with Crippen molar-refractivity contribution in [1.82, 2.24) is 14.8 Å². The molecule has 1 aromatic heterocycles. The summed E-state index contributed by atoms with van der Waals surface area (Å²) >= 11 is 0. The van der Waals surface area contributed by atoms with Gasteiger partial charge in [-0.25, -0.2) is 0 Å². The van der Waals surface area contributed by atoms with Crippen molar-refractivity contribution in [2.75, 3.05) is 19.8 Å². The number of ether oxygens (including phenoxy) is 1. The molecular weight excluding hydrogens is 346 g/mol. The number of carbonyl (C=O) groups is 2.